The molecule has 0 amide bonds. The predicted octanol–water partition coefficient (Wildman–Crippen LogP) is 3.60. The van der Waals surface area contributed by atoms with Crippen molar-refractivity contribution in [2.45, 2.75) is 18.8 Å². The summed E-state index contributed by atoms with van der Waals surface area (Å²) in [6, 6.07) is 6.10. The maximum Gasteiger partial charge on any atom is 0.573 e. The molecule has 102 valence electrons. The van der Waals surface area contributed by atoms with Crippen LogP contribution in [0.2, 0.25) is 0 Å². The first-order chi connectivity index (χ1) is 8.48. The van der Waals surface area contributed by atoms with Crippen LogP contribution in [0.3, 0.4) is 0 Å². The summed E-state index contributed by atoms with van der Waals surface area (Å²) in [4.78, 5) is 0. The summed E-state index contributed by atoms with van der Waals surface area (Å²) in [5, 5.41) is 3.02. The molecule has 0 fully saturated rings. The minimum atomic E-state index is -4.66. The lowest BCUT2D eigenvalue weighted by Crippen LogP contribution is -2.22. The van der Waals surface area contributed by atoms with E-state index in [0.29, 0.717) is 5.56 Å². The number of thioether (sulfide) groups is 1. The third kappa shape index (κ3) is 4.78. The number of rotatable bonds is 6. The second kappa shape index (κ2) is 6.89. The van der Waals surface area contributed by atoms with Crippen LogP contribution < -0.4 is 10.1 Å². The Bertz CT molecular complexity index is 371. The molecule has 0 aliphatic rings. The van der Waals surface area contributed by atoms with E-state index in [4.69, 9.17) is 0 Å². The van der Waals surface area contributed by atoms with Crippen LogP contribution >= 0.6 is 11.8 Å². The fraction of sp³-hybridized carbons (Fsp3) is 0.500. The highest BCUT2D eigenvalue weighted by Gasteiger charge is 2.32. The van der Waals surface area contributed by atoms with Crippen molar-refractivity contribution in [3.8, 4) is 5.75 Å². The van der Waals surface area contributed by atoms with Gasteiger partial charge >= 0.3 is 6.36 Å². The van der Waals surface area contributed by atoms with Gasteiger partial charge in [-0.15, -0.1) is 13.2 Å². The van der Waals surface area contributed by atoms with Crippen LogP contribution in [-0.4, -0.2) is 25.4 Å². The van der Waals surface area contributed by atoms with Crippen LogP contribution in [0.5, 0.6) is 5.75 Å². The summed E-state index contributed by atoms with van der Waals surface area (Å²) < 4.78 is 40.9. The Balaban J connectivity index is 2.91. The molecule has 18 heavy (non-hydrogen) atoms. The van der Waals surface area contributed by atoms with Gasteiger partial charge in [-0.2, -0.15) is 11.8 Å². The fourth-order valence-electron chi connectivity index (χ4n) is 1.68. The van der Waals surface area contributed by atoms with Gasteiger partial charge in [0.1, 0.15) is 5.75 Å². The molecule has 1 aromatic rings. The Morgan fingerprint density at radius 1 is 1.33 bits per heavy atom. The molecule has 0 radical (unpaired) electrons. The highest BCUT2D eigenvalue weighted by Crippen LogP contribution is 2.31. The van der Waals surface area contributed by atoms with Gasteiger partial charge < -0.3 is 10.1 Å². The van der Waals surface area contributed by atoms with Gasteiger partial charge in [0, 0.05) is 11.6 Å². The third-order valence-corrected chi connectivity index (χ3v) is 3.12. The van der Waals surface area contributed by atoms with E-state index in [1.54, 1.807) is 30.9 Å². The molecule has 1 aromatic carbocycles. The van der Waals surface area contributed by atoms with Gasteiger partial charge in [0.25, 0.3) is 0 Å². The number of hydrogen-bond donors (Lipinski definition) is 1. The molecule has 0 aliphatic heterocycles. The molecule has 1 rings (SSSR count). The third-order valence-electron chi connectivity index (χ3n) is 2.48. The second-order valence-electron chi connectivity index (χ2n) is 3.71. The standard InChI is InChI=1S/C12H16F3NOS/c1-16-10(7-8-18-2)9-5-3-4-6-11(9)17-12(13,14)15/h3-6,10,16H,7-8H2,1-2H3. The van der Waals surface area contributed by atoms with E-state index in [-0.39, 0.29) is 11.8 Å². The summed E-state index contributed by atoms with van der Waals surface area (Å²) in [5.41, 5.74) is 0.534. The molecule has 2 nitrogen and oxygen atoms in total. The molecule has 0 saturated carbocycles. The normalized spacial score (nSPS) is 13.4. The molecule has 0 spiro atoms. The van der Waals surface area contributed by atoms with Gasteiger partial charge in [0.2, 0.25) is 0 Å². The van der Waals surface area contributed by atoms with E-state index in [0.717, 1.165) is 12.2 Å². The SMILES string of the molecule is CNC(CCSC)c1ccccc1OC(F)(F)F. The number of nitrogens with one attached hydrogen (secondary N) is 1. The first kappa shape index (κ1) is 15.2. The van der Waals surface area contributed by atoms with E-state index in [1.807, 2.05) is 6.26 Å². The monoisotopic (exact) mass is 279 g/mol. The number of hydrogen-bond acceptors (Lipinski definition) is 3. The summed E-state index contributed by atoms with van der Waals surface area (Å²) in [6.45, 7) is 0. The molecule has 0 heterocycles. The van der Waals surface area contributed by atoms with E-state index in [9.17, 15) is 13.2 Å². The van der Waals surface area contributed by atoms with E-state index < -0.39 is 6.36 Å². The quantitative estimate of drug-likeness (QED) is 0.859. The average molecular weight is 279 g/mol. The zero-order valence-electron chi connectivity index (χ0n) is 10.3. The maximum atomic E-state index is 12.3. The smallest absolute Gasteiger partial charge is 0.405 e. The Labute approximate surface area is 109 Å². The van der Waals surface area contributed by atoms with Crippen molar-refractivity contribution in [3.63, 3.8) is 0 Å². The van der Waals surface area contributed by atoms with Crippen LogP contribution in [0.15, 0.2) is 24.3 Å². The molecule has 1 unspecified atom stereocenters. The van der Waals surface area contributed by atoms with Crippen molar-refractivity contribution in [2.75, 3.05) is 19.1 Å². The van der Waals surface area contributed by atoms with Crippen molar-refractivity contribution in [2.24, 2.45) is 0 Å². The van der Waals surface area contributed by atoms with Gasteiger partial charge in [-0.25, -0.2) is 0 Å². The minimum Gasteiger partial charge on any atom is -0.405 e. The van der Waals surface area contributed by atoms with Crippen molar-refractivity contribution in [3.05, 3.63) is 29.8 Å². The van der Waals surface area contributed by atoms with E-state index >= 15 is 0 Å². The molecular formula is C12H16F3NOS. The first-order valence-electron chi connectivity index (χ1n) is 5.49. The number of benzene rings is 1. The second-order valence-corrected chi connectivity index (χ2v) is 4.69. The predicted molar refractivity (Wildman–Crippen MR) is 67.9 cm³/mol. The summed E-state index contributed by atoms with van der Waals surface area (Å²) >= 11 is 1.66. The topological polar surface area (TPSA) is 21.3 Å². The molecular weight excluding hydrogens is 263 g/mol. The Kier molecular flexibility index (Phi) is 5.81. The lowest BCUT2D eigenvalue weighted by atomic mass is 10.0. The van der Waals surface area contributed by atoms with E-state index in [2.05, 4.69) is 10.1 Å². The maximum absolute atomic E-state index is 12.3. The average Bonchev–Trinajstić information content (AvgIpc) is 2.30. The summed E-state index contributed by atoms with van der Waals surface area (Å²) in [6.07, 6.45) is -1.95. The van der Waals surface area contributed by atoms with Crippen molar-refractivity contribution < 1.29 is 17.9 Å². The van der Waals surface area contributed by atoms with Crippen LogP contribution in [-0.2, 0) is 0 Å². The largest absolute Gasteiger partial charge is 0.573 e. The van der Waals surface area contributed by atoms with Crippen LogP contribution in [0.4, 0.5) is 13.2 Å². The van der Waals surface area contributed by atoms with Gasteiger partial charge in [-0.3, -0.25) is 0 Å². The van der Waals surface area contributed by atoms with Gasteiger partial charge in [-0.05, 0) is 31.5 Å². The molecule has 0 bridgehead atoms. The molecule has 1 atom stereocenters. The van der Waals surface area contributed by atoms with Crippen LogP contribution in [0.1, 0.15) is 18.0 Å². The van der Waals surface area contributed by atoms with Gasteiger partial charge in [-0.1, -0.05) is 18.2 Å². The van der Waals surface area contributed by atoms with Gasteiger partial charge in [0.05, 0.1) is 0 Å². The van der Waals surface area contributed by atoms with Gasteiger partial charge in [0.15, 0.2) is 0 Å². The Morgan fingerprint density at radius 3 is 2.56 bits per heavy atom. The summed E-state index contributed by atoms with van der Waals surface area (Å²) in [7, 11) is 1.73. The number of para-hydroxylation sites is 1. The number of alkyl halides is 3. The molecule has 0 aliphatic carbocycles. The van der Waals surface area contributed by atoms with Crippen LogP contribution in [0.25, 0.3) is 0 Å². The number of halogens is 3. The van der Waals surface area contributed by atoms with Crippen molar-refractivity contribution in [1.82, 2.24) is 5.32 Å². The van der Waals surface area contributed by atoms with Crippen LogP contribution in [0, 0.1) is 0 Å². The summed E-state index contributed by atoms with van der Waals surface area (Å²) in [5.74, 6) is 0.733. The zero-order chi connectivity index (χ0) is 13.6. The highest BCUT2D eigenvalue weighted by atomic mass is 32.2. The fourth-order valence-corrected chi connectivity index (χ4v) is 2.15. The number of ether oxygens (including phenoxy) is 1. The lowest BCUT2D eigenvalue weighted by Gasteiger charge is -2.20. The minimum absolute atomic E-state index is 0.134. The zero-order valence-corrected chi connectivity index (χ0v) is 11.1. The molecule has 6 heteroatoms. The molecule has 1 N–H and O–H groups in total. The van der Waals surface area contributed by atoms with Crippen molar-refractivity contribution >= 4 is 11.8 Å². The lowest BCUT2D eigenvalue weighted by molar-refractivity contribution is -0.275. The van der Waals surface area contributed by atoms with E-state index in [1.165, 1.54) is 12.1 Å². The molecule has 0 aromatic heterocycles. The Hall–Kier alpha value is -0.880. The molecule has 0 saturated heterocycles. The Morgan fingerprint density at radius 2 is 2.00 bits per heavy atom. The highest BCUT2D eigenvalue weighted by molar-refractivity contribution is 7.98. The van der Waals surface area contributed by atoms with Crippen molar-refractivity contribution in [1.29, 1.82) is 0 Å². The first-order valence-corrected chi connectivity index (χ1v) is 6.88.